The van der Waals surface area contributed by atoms with E-state index >= 15 is 0 Å². The number of nitrogens with zero attached hydrogens (tertiary/aromatic N) is 2. The Labute approximate surface area is 194 Å². The van der Waals surface area contributed by atoms with Crippen molar-refractivity contribution in [3.8, 4) is 5.75 Å². The zero-order chi connectivity index (χ0) is 22.0. The Morgan fingerprint density at radius 1 is 1.19 bits per heavy atom. The molecule has 6 nitrogen and oxygen atoms in total. The molecule has 8 heteroatoms. The van der Waals surface area contributed by atoms with Crippen LogP contribution in [0, 0.1) is 18.7 Å². The molecular formula is C23H24BrN3O3S. The molecule has 2 aromatic carbocycles. The molecule has 0 unspecified atom stereocenters. The van der Waals surface area contributed by atoms with Gasteiger partial charge in [0.1, 0.15) is 12.3 Å². The third-order valence-corrected chi connectivity index (χ3v) is 6.43. The zero-order valence-electron chi connectivity index (χ0n) is 17.5. The molecule has 31 heavy (non-hydrogen) atoms. The minimum absolute atomic E-state index is 0.0411. The van der Waals surface area contributed by atoms with E-state index in [2.05, 4.69) is 38.5 Å². The summed E-state index contributed by atoms with van der Waals surface area (Å²) in [6, 6.07) is 10.1. The molecule has 0 bridgehead atoms. The molecule has 1 amide bonds. The summed E-state index contributed by atoms with van der Waals surface area (Å²) < 4.78 is 13.5. The smallest absolute Gasteiger partial charge is 0.287 e. The average Bonchev–Trinajstić information content (AvgIpc) is 3.09. The van der Waals surface area contributed by atoms with Gasteiger partial charge in [0.2, 0.25) is 5.91 Å². The molecule has 4 rings (SSSR count). The van der Waals surface area contributed by atoms with Crippen LogP contribution in [-0.4, -0.2) is 15.7 Å². The standard InChI is InChI=1S/C23H24BrN3O3S/c1-14-9-19(24)20(10-15(14)2)25-21(28)12-27-23(31)30-22(26-27)13-29-18-8-7-16-5-3-4-6-17(16)11-18/h7-11H,3-6,12-13H2,1-2H3,(H,25,28). The van der Waals surface area contributed by atoms with Crippen LogP contribution in [-0.2, 0) is 30.8 Å². The van der Waals surface area contributed by atoms with Crippen LogP contribution in [0.3, 0.4) is 0 Å². The number of carbonyl (C=O) groups is 1. The highest BCUT2D eigenvalue weighted by Gasteiger charge is 2.14. The van der Waals surface area contributed by atoms with E-state index in [0.29, 0.717) is 11.6 Å². The van der Waals surface area contributed by atoms with E-state index in [1.54, 1.807) is 0 Å². The highest BCUT2D eigenvalue weighted by atomic mass is 79.9. The van der Waals surface area contributed by atoms with Gasteiger partial charge in [0, 0.05) is 4.47 Å². The number of aryl methyl sites for hydroxylation is 4. The number of aromatic nitrogens is 2. The van der Waals surface area contributed by atoms with Crippen LogP contribution < -0.4 is 10.1 Å². The molecule has 1 aliphatic rings. The van der Waals surface area contributed by atoms with E-state index < -0.39 is 0 Å². The Hall–Kier alpha value is -2.45. The summed E-state index contributed by atoms with van der Waals surface area (Å²) in [5.74, 6) is 0.882. The number of carbonyl (C=O) groups excluding carboxylic acids is 1. The largest absolute Gasteiger partial charge is 0.484 e. The molecule has 1 heterocycles. The molecule has 1 N–H and O–H groups in total. The van der Waals surface area contributed by atoms with Crippen LogP contribution in [0.15, 0.2) is 39.2 Å². The molecule has 1 aromatic heterocycles. The predicted molar refractivity (Wildman–Crippen MR) is 125 cm³/mol. The first kappa shape index (κ1) is 21.8. The lowest BCUT2D eigenvalue weighted by atomic mass is 9.92. The van der Waals surface area contributed by atoms with Gasteiger partial charge in [-0.25, -0.2) is 4.68 Å². The second kappa shape index (κ2) is 9.36. The average molecular weight is 502 g/mol. The van der Waals surface area contributed by atoms with Crippen molar-refractivity contribution in [2.24, 2.45) is 0 Å². The lowest BCUT2D eigenvalue weighted by Crippen LogP contribution is -2.20. The number of nitrogens with one attached hydrogen (secondary N) is 1. The van der Waals surface area contributed by atoms with Gasteiger partial charge in [-0.15, -0.1) is 5.10 Å². The number of rotatable bonds is 6. The molecule has 0 saturated heterocycles. The van der Waals surface area contributed by atoms with Gasteiger partial charge >= 0.3 is 0 Å². The molecule has 0 atom stereocenters. The van der Waals surface area contributed by atoms with Crippen molar-refractivity contribution >= 4 is 39.7 Å². The quantitative estimate of drug-likeness (QED) is 0.439. The number of fused-ring (bicyclic) bond motifs is 1. The number of halogens is 1. The van der Waals surface area contributed by atoms with Crippen LogP contribution >= 0.6 is 28.1 Å². The van der Waals surface area contributed by atoms with E-state index in [-0.39, 0.29) is 23.9 Å². The molecule has 162 valence electrons. The summed E-state index contributed by atoms with van der Waals surface area (Å²) in [6.45, 7) is 4.13. The Bertz CT molecular complexity index is 1190. The van der Waals surface area contributed by atoms with E-state index in [0.717, 1.165) is 34.2 Å². The van der Waals surface area contributed by atoms with Gasteiger partial charge in [0.05, 0.1) is 5.69 Å². The van der Waals surface area contributed by atoms with Crippen LogP contribution in [0.4, 0.5) is 5.69 Å². The van der Waals surface area contributed by atoms with Gasteiger partial charge in [-0.2, -0.15) is 0 Å². The monoisotopic (exact) mass is 501 g/mol. The molecule has 0 fully saturated rings. The topological polar surface area (TPSA) is 69.3 Å². The summed E-state index contributed by atoms with van der Waals surface area (Å²) in [4.78, 5) is 12.6. The summed E-state index contributed by atoms with van der Waals surface area (Å²) >= 11 is 8.71. The lowest BCUT2D eigenvalue weighted by molar-refractivity contribution is -0.117. The van der Waals surface area contributed by atoms with Crippen molar-refractivity contribution in [1.29, 1.82) is 0 Å². The van der Waals surface area contributed by atoms with E-state index in [4.69, 9.17) is 21.4 Å². The minimum atomic E-state index is -0.240. The Balaban J connectivity index is 1.38. The Morgan fingerprint density at radius 3 is 2.74 bits per heavy atom. The number of benzene rings is 2. The predicted octanol–water partition coefficient (Wildman–Crippen LogP) is 5.68. The maximum absolute atomic E-state index is 12.5. The Kier molecular flexibility index (Phi) is 6.57. The first-order valence-electron chi connectivity index (χ1n) is 10.3. The summed E-state index contributed by atoms with van der Waals surface area (Å²) in [6.07, 6.45) is 4.69. The maximum Gasteiger partial charge on any atom is 0.287 e. The number of ether oxygens (including phenoxy) is 1. The van der Waals surface area contributed by atoms with Crippen LogP contribution in [0.5, 0.6) is 5.75 Å². The normalized spacial score (nSPS) is 13.0. The van der Waals surface area contributed by atoms with Crippen molar-refractivity contribution in [2.75, 3.05) is 5.32 Å². The van der Waals surface area contributed by atoms with Gasteiger partial charge in [-0.3, -0.25) is 4.79 Å². The highest BCUT2D eigenvalue weighted by Crippen LogP contribution is 2.27. The van der Waals surface area contributed by atoms with Crippen molar-refractivity contribution in [3.63, 3.8) is 0 Å². The molecule has 0 spiro atoms. The first-order valence-corrected chi connectivity index (χ1v) is 11.5. The van der Waals surface area contributed by atoms with Gasteiger partial charge in [0.15, 0.2) is 6.61 Å². The van der Waals surface area contributed by atoms with Crippen LogP contribution in [0.2, 0.25) is 0 Å². The minimum Gasteiger partial charge on any atom is -0.484 e. The highest BCUT2D eigenvalue weighted by molar-refractivity contribution is 9.10. The van der Waals surface area contributed by atoms with Gasteiger partial charge in [-0.1, -0.05) is 6.07 Å². The molecule has 1 aliphatic carbocycles. The van der Waals surface area contributed by atoms with Crippen molar-refractivity contribution in [3.05, 3.63) is 67.8 Å². The van der Waals surface area contributed by atoms with Gasteiger partial charge < -0.3 is 14.5 Å². The number of hydrogen-bond acceptors (Lipinski definition) is 5. The van der Waals surface area contributed by atoms with Crippen molar-refractivity contribution in [1.82, 2.24) is 9.78 Å². The van der Waals surface area contributed by atoms with E-state index in [1.165, 1.54) is 28.7 Å². The SMILES string of the molecule is Cc1cc(Br)c(NC(=O)Cn2nc(COc3ccc4c(c3)CCCC4)oc2=S)cc1C. The van der Waals surface area contributed by atoms with Crippen LogP contribution in [0.25, 0.3) is 0 Å². The third kappa shape index (κ3) is 5.25. The molecular weight excluding hydrogens is 478 g/mol. The first-order chi connectivity index (χ1) is 14.9. The second-order valence-corrected chi connectivity index (χ2v) is 9.01. The van der Waals surface area contributed by atoms with Gasteiger partial charge in [-0.05, 0) is 114 Å². The second-order valence-electron chi connectivity index (χ2n) is 7.81. The fourth-order valence-corrected chi connectivity index (χ4v) is 4.41. The molecule has 3 aromatic rings. The number of hydrogen-bond donors (Lipinski definition) is 1. The maximum atomic E-state index is 12.5. The van der Waals surface area contributed by atoms with Crippen molar-refractivity contribution < 1.29 is 13.9 Å². The number of anilines is 1. The molecule has 0 radical (unpaired) electrons. The fourth-order valence-electron chi connectivity index (χ4n) is 3.65. The van der Waals surface area contributed by atoms with E-state index in [1.807, 2.05) is 32.0 Å². The van der Waals surface area contributed by atoms with Crippen molar-refractivity contribution in [2.45, 2.75) is 52.7 Å². The van der Waals surface area contributed by atoms with Gasteiger partial charge in [0.25, 0.3) is 10.7 Å². The fraction of sp³-hybridized carbons (Fsp3) is 0.348. The number of amides is 1. The lowest BCUT2D eigenvalue weighted by Gasteiger charge is -2.16. The van der Waals surface area contributed by atoms with E-state index in [9.17, 15) is 4.79 Å². The zero-order valence-corrected chi connectivity index (χ0v) is 19.9. The molecule has 0 aliphatic heterocycles. The summed E-state index contributed by atoms with van der Waals surface area (Å²) in [7, 11) is 0. The third-order valence-electron chi connectivity index (χ3n) is 5.48. The summed E-state index contributed by atoms with van der Waals surface area (Å²) in [5, 5.41) is 7.18. The van der Waals surface area contributed by atoms with Crippen LogP contribution in [0.1, 0.15) is 41.0 Å². The molecule has 0 saturated carbocycles. The Morgan fingerprint density at radius 2 is 1.94 bits per heavy atom. The summed E-state index contributed by atoms with van der Waals surface area (Å²) in [5.41, 5.74) is 5.70.